The second kappa shape index (κ2) is 5.03. The first-order valence-electron chi connectivity index (χ1n) is 3.64. The zero-order valence-corrected chi connectivity index (χ0v) is 6.75. The van der Waals surface area contributed by atoms with Crippen LogP contribution in [-0.2, 0) is 4.79 Å². The molecule has 0 fully saturated rings. The van der Waals surface area contributed by atoms with Gasteiger partial charge in [-0.05, 0) is 5.41 Å². The SMILES string of the molecule is [2H]CC(SC=CN)[C@H](N)C(=O)O. The van der Waals surface area contributed by atoms with E-state index < -0.39 is 17.3 Å². The third-order valence-corrected chi connectivity index (χ3v) is 1.97. The molecule has 0 aliphatic rings. The van der Waals surface area contributed by atoms with E-state index in [-0.39, 0.29) is 6.90 Å². The molecule has 0 amide bonds. The standard InChI is InChI=1S/C6H12N2O2S/c1-4(11-3-2-7)5(8)6(9)10/h2-5H,7-8H2,1H3,(H,9,10)/t4?,5-/m0/s1/i1D. The Morgan fingerprint density at radius 3 is 2.91 bits per heavy atom. The van der Waals surface area contributed by atoms with E-state index in [2.05, 4.69) is 0 Å². The molecule has 2 atom stereocenters. The summed E-state index contributed by atoms with van der Waals surface area (Å²) >= 11 is 1.16. The summed E-state index contributed by atoms with van der Waals surface area (Å²) in [7, 11) is 0. The molecule has 0 heterocycles. The van der Waals surface area contributed by atoms with Crippen molar-refractivity contribution in [3.05, 3.63) is 11.6 Å². The van der Waals surface area contributed by atoms with Crippen LogP contribution < -0.4 is 11.5 Å². The third-order valence-electron chi connectivity index (χ3n) is 1.02. The Kier molecular flexibility index (Phi) is 3.85. The summed E-state index contributed by atoms with van der Waals surface area (Å²) in [5.74, 6) is -1.09. The molecule has 0 saturated carbocycles. The van der Waals surface area contributed by atoms with E-state index in [9.17, 15) is 4.79 Å². The average Bonchev–Trinajstić information content (AvgIpc) is 2.05. The summed E-state index contributed by atoms with van der Waals surface area (Å²) in [5.41, 5.74) is 10.4. The Bertz CT molecular complexity index is 177. The lowest BCUT2D eigenvalue weighted by Gasteiger charge is -2.12. The minimum atomic E-state index is -1.09. The molecule has 0 bridgehead atoms. The fraction of sp³-hybridized carbons (Fsp3) is 0.500. The fourth-order valence-electron chi connectivity index (χ4n) is 0.390. The second-order valence-corrected chi connectivity index (χ2v) is 3.02. The average molecular weight is 177 g/mol. The first-order chi connectivity index (χ1) is 5.63. The molecule has 64 valence electrons. The molecule has 0 aliphatic heterocycles. The third kappa shape index (κ3) is 3.90. The Morgan fingerprint density at radius 2 is 2.55 bits per heavy atom. The van der Waals surface area contributed by atoms with Crippen molar-refractivity contribution in [2.75, 3.05) is 0 Å². The monoisotopic (exact) mass is 177 g/mol. The molecule has 0 radical (unpaired) electrons. The van der Waals surface area contributed by atoms with Crippen molar-refractivity contribution in [3.63, 3.8) is 0 Å². The Labute approximate surface area is 71.0 Å². The normalized spacial score (nSPS) is 17.7. The van der Waals surface area contributed by atoms with Gasteiger partial charge in [-0.3, -0.25) is 4.79 Å². The van der Waals surface area contributed by atoms with Crippen LogP contribution in [0.5, 0.6) is 0 Å². The maximum Gasteiger partial charge on any atom is 0.321 e. The van der Waals surface area contributed by atoms with Gasteiger partial charge in [0.1, 0.15) is 6.04 Å². The number of carbonyl (C=O) groups is 1. The van der Waals surface area contributed by atoms with E-state index in [4.69, 9.17) is 17.9 Å². The highest BCUT2D eigenvalue weighted by molar-refractivity contribution is 8.02. The van der Waals surface area contributed by atoms with Crippen LogP contribution in [0.2, 0.25) is 0 Å². The number of thioether (sulfide) groups is 1. The van der Waals surface area contributed by atoms with Gasteiger partial charge < -0.3 is 16.6 Å². The zero-order chi connectivity index (χ0) is 9.56. The number of rotatable bonds is 4. The van der Waals surface area contributed by atoms with Gasteiger partial charge in [0, 0.05) is 12.8 Å². The van der Waals surface area contributed by atoms with Crippen LogP contribution in [0.3, 0.4) is 0 Å². The molecule has 0 rings (SSSR count). The van der Waals surface area contributed by atoms with Crippen LogP contribution in [0.25, 0.3) is 0 Å². The molecule has 0 aromatic carbocycles. The van der Waals surface area contributed by atoms with Crippen LogP contribution in [0.4, 0.5) is 0 Å². The number of hydrogen-bond donors (Lipinski definition) is 3. The van der Waals surface area contributed by atoms with Crippen LogP contribution in [0, 0.1) is 0 Å². The molecule has 4 nitrogen and oxygen atoms in total. The summed E-state index contributed by atoms with van der Waals surface area (Å²) in [5, 5.41) is 9.59. The molecular weight excluding hydrogens is 164 g/mol. The van der Waals surface area contributed by atoms with Crippen LogP contribution in [0.1, 0.15) is 8.27 Å². The van der Waals surface area contributed by atoms with Gasteiger partial charge in [-0.1, -0.05) is 6.90 Å². The molecule has 0 spiro atoms. The summed E-state index contributed by atoms with van der Waals surface area (Å²) in [4.78, 5) is 10.4. The molecule has 5 heteroatoms. The van der Waals surface area contributed by atoms with Crippen molar-refractivity contribution >= 4 is 17.7 Å². The van der Waals surface area contributed by atoms with E-state index in [0.717, 1.165) is 11.8 Å². The number of carboxylic acid groups (broad SMARTS) is 1. The van der Waals surface area contributed by atoms with Crippen LogP contribution in [-0.4, -0.2) is 22.4 Å². The summed E-state index contributed by atoms with van der Waals surface area (Å²) in [6, 6.07) is -1.01. The van der Waals surface area contributed by atoms with E-state index >= 15 is 0 Å². The first-order valence-corrected chi connectivity index (χ1v) is 3.87. The van der Waals surface area contributed by atoms with E-state index in [1.54, 1.807) is 0 Å². The molecule has 1 unspecified atom stereocenters. The van der Waals surface area contributed by atoms with Gasteiger partial charge in [-0.2, -0.15) is 0 Å². The van der Waals surface area contributed by atoms with Crippen molar-refractivity contribution in [1.29, 1.82) is 0 Å². The quantitative estimate of drug-likeness (QED) is 0.560. The fourth-order valence-corrected chi connectivity index (χ4v) is 0.968. The van der Waals surface area contributed by atoms with Gasteiger partial charge >= 0.3 is 5.97 Å². The van der Waals surface area contributed by atoms with Crippen molar-refractivity contribution < 1.29 is 11.3 Å². The molecule has 5 N–H and O–H groups in total. The summed E-state index contributed by atoms with van der Waals surface area (Å²) in [6.07, 6.45) is 1.29. The minimum Gasteiger partial charge on any atom is -0.480 e. The molecule has 0 aromatic rings. The highest BCUT2D eigenvalue weighted by Gasteiger charge is 2.18. The maximum absolute atomic E-state index is 10.4. The number of carboxylic acids is 1. The zero-order valence-electron chi connectivity index (χ0n) is 6.93. The lowest BCUT2D eigenvalue weighted by molar-refractivity contribution is -0.138. The highest BCUT2D eigenvalue weighted by atomic mass is 32.2. The summed E-state index contributed by atoms with van der Waals surface area (Å²) < 4.78 is 7.02. The first kappa shape index (κ1) is 8.42. The molecule has 0 saturated heterocycles. The second-order valence-electron chi connectivity index (χ2n) is 1.87. The molecule has 11 heavy (non-hydrogen) atoms. The van der Waals surface area contributed by atoms with Gasteiger partial charge in [0.15, 0.2) is 0 Å². The molecule has 0 aliphatic carbocycles. The Hall–Kier alpha value is -0.680. The van der Waals surface area contributed by atoms with Gasteiger partial charge in [0.25, 0.3) is 0 Å². The van der Waals surface area contributed by atoms with Crippen molar-refractivity contribution in [1.82, 2.24) is 0 Å². The predicted octanol–water partition coefficient (Wildman–Crippen LogP) is -0.0501. The Balaban J connectivity index is 4.04. The van der Waals surface area contributed by atoms with Gasteiger partial charge in [-0.15, -0.1) is 11.8 Å². The number of aliphatic carboxylic acids is 1. The topological polar surface area (TPSA) is 89.3 Å². The Morgan fingerprint density at radius 1 is 1.91 bits per heavy atom. The lowest BCUT2D eigenvalue weighted by atomic mass is 10.2. The smallest absolute Gasteiger partial charge is 0.321 e. The lowest BCUT2D eigenvalue weighted by Crippen LogP contribution is -2.38. The minimum absolute atomic E-state index is 0.0392. The van der Waals surface area contributed by atoms with Crippen molar-refractivity contribution in [2.45, 2.75) is 18.2 Å². The van der Waals surface area contributed by atoms with Crippen molar-refractivity contribution in [3.8, 4) is 0 Å². The van der Waals surface area contributed by atoms with Crippen LogP contribution >= 0.6 is 11.8 Å². The van der Waals surface area contributed by atoms with Gasteiger partial charge in [0.05, 0.1) is 0 Å². The largest absolute Gasteiger partial charge is 0.480 e. The predicted molar refractivity (Wildman–Crippen MR) is 46.0 cm³/mol. The van der Waals surface area contributed by atoms with Crippen LogP contribution in [0.15, 0.2) is 11.6 Å². The van der Waals surface area contributed by atoms with E-state index in [1.165, 1.54) is 11.6 Å². The van der Waals surface area contributed by atoms with Crippen molar-refractivity contribution in [2.24, 2.45) is 11.5 Å². The summed E-state index contributed by atoms with van der Waals surface area (Å²) in [6.45, 7) is -0.0392. The van der Waals surface area contributed by atoms with E-state index in [1.807, 2.05) is 0 Å². The highest BCUT2D eigenvalue weighted by Crippen LogP contribution is 2.13. The van der Waals surface area contributed by atoms with Gasteiger partial charge in [0.2, 0.25) is 0 Å². The molecular formula is C6H12N2O2S. The maximum atomic E-state index is 10.4. The number of nitrogens with two attached hydrogens (primary N) is 2. The van der Waals surface area contributed by atoms with E-state index in [0.29, 0.717) is 0 Å². The van der Waals surface area contributed by atoms with Gasteiger partial charge in [-0.25, -0.2) is 0 Å². The molecule has 0 aromatic heterocycles. The number of hydrogen-bond acceptors (Lipinski definition) is 4.